The molecular weight excluding hydrogens is 318 g/mol. The average Bonchev–Trinajstić information content (AvgIpc) is 2.88. The maximum absolute atomic E-state index is 13.2. The third kappa shape index (κ3) is 3.10. The van der Waals surface area contributed by atoms with Crippen molar-refractivity contribution in [2.24, 2.45) is 18.7 Å². The number of hydrogen-bond acceptors (Lipinski definition) is 4. The number of aryl methyl sites for hydroxylation is 2. The Bertz CT molecular complexity index is 832. The number of hydrogen-bond donors (Lipinski definition) is 1. The summed E-state index contributed by atoms with van der Waals surface area (Å²) in [5, 5.41) is 5.25. The van der Waals surface area contributed by atoms with E-state index in [2.05, 4.69) is 23.9 Å². The minimum Gasteiger partial charge on any atom is -0.369 e. The van der Waals surface area contributed by atoms with Crippen molar-refractivity contribution >= 4 is 22.8 Å². The molecule has 7 nitrogen and oxygen atoms in total. The lowest BCUT2D eigenvalue weighted by molar-refractivity contribution is -0.123. The van der Waals surface area contributed by atoms with Gasteiger partial charge in [-0.3, -0.25) is 14.3 Å². The van der Waals surface area contributed by atoms with Gasteiger partial charge < -0.3 is 10.6 Å². The van der Waals surface area contributed by atoms with Gasteiger partial charge in [-0.2, -0.15) is 5.10 Å². The van der Waals surface area contributed by atoms with Crippen molar-refractivity contribution in [1.82, 2.24) is 19.7 Å². The van der Waals surface area contributed by atoms with Crippen molar-refractivity contribution in [1.29, 1.82) is 0 Å². The fourth-order valence-corrected chi connectivity index (χ4v) is 3.47. The SMILES string of the molecule is Cc1nn(C)c2nc(C(C)C)cc(C(=O)N3CCC(C(N)=O)CC3)c12. The third-order valence-corrected chi connectivity index (χ3v) is 4.99. The van der Waals surface area contributed by atoms with E-state index in [4.69, 9.17) is 5.73 Å². The summed E-state index contributed by atoms with van der Waals surface area (Å²) in [5.41, 5.74) is 8.46. The molecule has 0 spiro atoms. The molecule has 0 aliphatic carbocycles. The fraction of sp³-hybridized carbons (Fsp3) is 0.556. The molecule has 0 unspecified atom stereocenters. The Morgan fingerprint density at radius 2 is 1.92 bits per heavy atom. The molecule has 134 valence electrons. The van der Waals surface area contributed by atoms with Crippen LogP contribution in [0.5, 0.6) is 0 Å². The van der Waals surface area contributed by atoms with Crippen LogP contribution in [0.4, 0.5) is 0 Å². The van der Waals surface area contributed by atoms with Crippen LogP contribution in [0.15, 0.2) is 6.07 Å². The lowest BCUT2D eigenvalue weighted by Crippen LogP contribution is -2.41. The second-order valence-corrected chi connectivity index (χ2v) is 7.13. The molecule has 25 heavy (non-hydrogen) atoms. The highest BCUT2D eigenvalue weighted by molar-refractivity contribution is 6.06. The normalized spacial score (nSPS) is 16.0. The minimum atomic E-state index is -0.274. The largest absolute Gasteiger partial charge is 0.369 e. The van der Waals surface area contributed by atoms with Crippen molar-refractivity contribution in [3.8, 4) is 0 Å². The van der Waals surface area contributed by atoms with Gasteiger partial charge in [0.25, 0.3) is 5.91 Å². The molecule has 3 heterocycles. The summed E-state index contributed by atoms with van der Waals surface area (Å²) >= 11 is 0. The summed E-state index contributed by atoms with van der Waals surface area (Å²) in [6.07, 6.45) is 1.25. The summed E-state index contributed by atoms with van der Waals surface area (Å²) in [7, 11) is 1.85. The van der Waals surface area contributed by atoms with Crippen molar-refractivity contribution in [2.45, 2.75) is 39.5 Å². The van der Waals surface area contributed by atoms with Gasteiger partial charge in [0.15, 0.2) is 5.65 Å². The quantitative estimate of drug-likeness (QED) is 0.918. The maximum atomic E-state index is 13.2. The number of rotatable bonds is 3. The third-order valence-electron chi connectivity index (χ3n) is 4.99. The minimum absolute atomic E-state index is 0.0201. The van der Waals surface area contributed by atoms with Crippen LogP contribution in [0.1, 0.15) is 54.4 Å². The Balaban J connectivity index is 2.00. The second kappa shape index (κ2) is 6.46. The van der Waals surface area contributed by atoms with Gasteiger partial charge in [0.05, 0.1) is 16.6 Å². The second-order valence-electron chi connectivity index (χ2n) is 7.13. The van der Waals surface area contributed by atoms with Gasteiger partial charge in [-0.25, -0.2) is 4.98 Å². The first-order valence-corrected chi connectivity index (χ1v) is 8.72. The van der Waals surface area contributed by atoms with Crippen LogP contribution in [0.3, 0.4) is 0 Å². The number of aromatic nitrogens is 3. The van der Waals surface area contributed by atoms with E-state index >= 15 is 0 Å². The van der Waals surface area contributed by atoms with Crippen LogP contribution >= 0.6 is 0 Å². The lowest BCUT2D eigenvalue weighted by Gasteiger charge is -2.31. The molecule has 2 aromatic heterocycles. The first-order valence-electron chi connectivity index (χ1n) is 8.72. The molecule has 0 radical (unpaired) electrons. The van der Waals surface area contributed by atoms with E-state index in [0.29, 0.717) is 31.5 Å². The number of piperidine rings is 1. The monoisotopic (exact) mass is 343 g/mol. The standard InChI is InChI=1S/C18H25N5O2/c1-10(2)14-9-13(15-11(3)21-22(4)17(15)20-14)18(25)23-7-5-12(6-8-23)16(19)24/h9-10,12H,5-8H2,1-4H3,(H2,19,24). The van der Waals surface area contributed by atoms with E-state index in [1.807, 2.05) is 24.9 Å². The molecule has 0 bridgehead atoms. The molecule has 1 fully saturated rings. The Hall–Kier alpha value is -2.44. The molecule has 1 saturated heterocycles. The van der Waals surface area contributed by atoms with E-state index in [9.17, 15) is 9.59 Å². The topological polar surface area (TPSA) is 94.1 Å². The number of amides is 2. The van der Waals surface area contributed by atoms with E-state index in [1.54, 1.807) is 4.68 Å². The zero-order chi connectivity index (χ0) is 18.3. The van der Waals surface area contributed by atoms with Crippen LogP contribution in [-0.4, -0.2) is 44.6 Å². The number of primary amides is 1. The number of likely N-dealkylation sites (tertiary alicyclic amines) is 1. The summed E-state index contributed by atoms with van der Waals surface area (Å²) in [6.45, 7) is 7.11. The first kappa shape index (κ1) is 17.4. The van der Waals surface area contributed by atoms with Gasteiger partial charge in [0.1, 0.15) is 0 Å². The molecular formula is C18H25N5O2. The number of carbonyl (C=O) groups is 2. The number of fused-ring (bicyclic) bond motifs is 1. The molecule has 2 aromatic rings. The zero-order valence-electron chi connectivity index (χ0n) is 15.2. The van der Waals surface area contributed by atoms with Crippen LogP contribution in [0.25, 0.3) is 11.0 Å². The molecule has 3 rings (SSSR count). The first-order chi connectivity index (χ1) is 11.8. The predicted octanol–water partition coefficient (Wildman–Crippen LogP) is 1.74. The maximum Gasteiger partial charge on any atom is 0.254 e. The summed E-state index contributed by atoms with van der Waals surface area (Å²) < 4.78 is 1.73. The van der Waals surface area contributed by atoms with Crippen molar-refractivity contribution in [2.75, 3.05) is 13.1 Å². The highest BCUT2D eigenvalue weighted by atomic mass is 16.2. The number of nitrogens with zero attached hydrogens (tertiary/aromatic N) is 4. The van der Waals surface area contributed by atoms with Crippen LogP contribution in [-0.2, 0) is 11.8 Å². The van der Waals surface area contributed by atoms with E-state index in [1.165, 1.54) is 0 Å². The van der Waals surface area contributed by atoms with E-state index in [0.717, 1.165) is 22.4 Å². The molecule has 0 saturated carbocycles. The zero-order valence-corrected chi connectivity index (χ0v) is 15.2. The van der Waals surface area contributed by atoms with E-state index in [-0.39, 0.29) is 23.7 Å². The van der Waals surface area contributed by atoms with Crippen LogP contribution < -0.4 is 5.73 Å². The molecule has 2 N–H and O–H groups in total. The lowest BCUT2D eigenvalue weighted by atomic mass is 9.95. The number of pyridine rings is 1. The van der Waals surface area contributed by atoms with Crippen LogP contribution in [0, 0.1) is 12.8 Å². The Labute approximate surface area is 147 Å². The van der Waals surface area contributed by atoms with Gasteiger partial charge >= 0.3 is 0 Å². The Morgan fingerprint density at radius 1 is 1.28 bits per heavy atom. The van der Waals surface area contributed by atoms with Crippen molar-refractivity contribution in [3.63, 3.8) is 0 Å². The van der Waals surface area contributed by atoms with Crippen molar-refractivity contribution < 1.29 is 9.59 Å². The highest BCUT2D eigenvalue weighted by Crippen LogP contribution is 2.27. The van der Waals surface area contributed by atoms with E-state index < -0.39 is 0 Å². The molecule has 0 aromatic carbocycles. The summed E-state index contributed by atoms with van der Waals surface area (Å²) in [4.78, 5) is 31.0. The molecule has 1 aliphatic rings. The number of carbonyl (C=O) groups excluding carboxylic acids is 2. The summed E-state index contributed by atoms with van der Waals surface area (Å²) in [5.74, 6) is -0.212. The molecule has 7 heteroatoms. The van der Waals surface area contributed by atoms with Gasteiger partial charge in [0, 0.05) is 31.7 Å². The Morgan fingerprint density at radius 3 is 2.48 bits per heavy atom. The van der Waals surface area contributed by atoms with Gasteiger partial charge in [-0.1, -0.05) is 13.8 Å². The predicted molar refractivity (Wildman–Crippen MR) is 95.2 cm³/mol. The Kier molecular flexibility index (Phi) is 4.49. The average molecular weight is 343 g/mol. The molecule has 2 amide bonds. The van der Waals surface area contributed by atoms with Crippen molar-refractivity contribution in [3.05, 3.63) is 23.0 Å². The smallest absolute Gasteiger partial charge is 0.254 e. The van der Waals surface area contributed by atoms with Gasteiger partial charge in [-0.15, -0.1) is 0 Å². The number of nitrogens with two attached hydrogens (primary N) is 1. The fourth-order valence-electron chi connectivity index (χ4n) is 3.47. The summed E-state index contributed by atoms with van der Waals surface area (Å²) in [6, 6.07) is 1.89. The molecule has 1 aliphatic heterocycles. The highest BCUT2D eigenvalue weighted by Gasteiger charge is 2.29. The van der Waals surface area contributed by atoms with Gasteiger partial charge in [-0.05, 0) is 31.7 Å². The van der Waals surface area contributed by atoms with Crippen LogP contribution in [0.2, 0.25) is 0 Å². The van der Waals surface area contributed by atoms with Gasteiger partial charge in [0.2, 0.25) is 5.91 Å². The molecule has 0 atom stereocenters.